The van der Waals surface area contributed by atoms with Gasteiger partial charge in [-0.05, 0) is 36.5 Å². The summed E-state index contributed by atoms with van der Waals surface area (Å²) < 4.78 is 58.8. The van der Waals surface area contributed by atoms with Crippen molar-refractivity contribution >= 4 is 35.2 Å². The SMILES string of the molecule is O=C(NC1(C(F)(F)F)Oc2cc(Cl)c(Cl)cc2O1)C1=C(N2CCOCC2)/C(=C\c2ccccc2)CCC1. The van der Waals surface area contributed by atoms with Crippen LogP contribution in [0, 0.1) is 0 Å². The zero-order valence-electron chi connectivity index (χ0n) is 19.5. The van der Waals surface area contributed by atoms with Gasteiger partial charge < -0.3 is 19.1 Å². The van der Waals surface area contributed by atoms with Crippen LogP contribution in [-0.4, -0.2) is 49.2 Å². The molecule has 1 N–H and O–H groups in total. The van der Waals surface area contributed by atoms with Gasteiger partial charge in [-0.25, -0.2) is 0 Å². The number of alkyl halides is 3. The summed E-state index contributed by atoms with van der Waals surface area (Å²) >= 11 is 11.9. The van der Waals surface area contributed by atoms with Crippen molar-refractivity contribution in [3.05, 3.63) is 74.9 Å². The third-order valence-corrected chi connectivity index (χ3v) is 7.07. The molecule has 0 saturated carbocycles. The van der Waals surface area contributed by atoms with E-state index in [4.69, 9.17) is 37.4 Å². The lowest BCUT2D eigenvalue weighted by molar-refractivity contribution is -0.319. The molecule has 0 atom stereocenters. The van der Waals surface area contributed by atoms with Crippen LogP contribution >= 0.6 is 23.2 Å². The minimum Gasteiger partial charge on any atom is -0.424 e. The van der Waals surface area contributed by atoms with Crippen molar-refractivity contribution in [1.29, 1.82) is 0 Å². The van der Waals surface area contributed by atoms with E-state index in [1.54, 1.807) is 0 Å². The Balaban J connectivity index is 1.53. The second kappa shape index (κ2) is 10.1. The van der Waals surface area contributed by atoms with Gasteiger partial charge in [0.2, 0.25) is 0 Å². The zero-order chi connectivity index (χ0) is 26.2. The molecule has 1 fully saturated rings. The highest BCUT2D eigenvalue weighted by atomic mass is 35.5. The third kappa shape index (κ3) is 5.12. The highest BCUT2D eigenvalue weighted by molar-refractivity contribution is 6.42. The first kappa shape index (κ1) is 25.8. The third-order valence-electron chi connectivity index (χ3n) is 6.35. The van der Waals surface area contributed by atoms with Crippen LogP contribution in [0.2, 0.25) is 10.0 Å². The molecule has 0 unspecified atom stereocenters. The Morgan fingerprint density at radius 2 is 1.62 bits per heavy atom. The average molecular weight is 555 g/mol. The van der Waals surface area contributed by atoms with Gasteiger partial charge in [-0.1, -0.05) is 53.5 Å². The number of benzene rings is 2. The summed E-state index contributed by atoms with van der Waals surface area (Å²) in [6, 6.07) is 11.8. The molecule has 2 aromatic carbocycles. The number of nitrogens with zero attached hydrogens (tertiary/aromatic N) is 1. The lowest BCUT2D eigenvalue weighted by atomic mass is 9.88. The monoisotopic (exact) mass is 554 g/mol. The molecule has 2 aromatic rings. The van der Waals surface area contributed by atoms with E-state index in [-0.39, 0.29) is 27.1 Å². The number of carbonyl (C=O) groups is 1. The van der Waals surface area contributed by atoms with Gasteiger partial charge in [-0.2, -0.15) is 13.2 Å². The van der Waals surface area contributed by atoms with Crippen molar-refractivity contribution in [2.75, 3.05) is 26.3 Å². The highest BCUT2D eigenvalue weighted by Crippen LogP contribution is 2.48. The van der Waals surface area contributed by atoms with Gasteiger partial charge in [0.15, 0.2) is 11.5 Å². The summed E-state index contributed by atoms with van der Waals surface area (Å²) in [5, 5.41) is 1.99. The van der Waals surface area contributed by atoms with Gasteiger partial charge in [-0.3, -0.25) is 10.1 Å². The zero-order valence-corrected chi connectivity index (χ0v) is 21.1. The number of rotatable bonds is 4. The van der Waals surface area contributed by atoms with Crippen molar-refractivity contribution in [3.63, 3.8) is 0 Å². The largest absolute Gasteiger partial charge is 0.492 e. The molecule has 37 heavy (non-hydrogen) atoms. The molecule has 196 valence electrons. The van der Waals surface area contributed by atoms with Gasteiger partial charge in [-0.15, -0.1) is 0 Å². The maximum absolute atomic E-state index is 14.3. The van der Waals surface area contributed by atoms with Crippen LogP contribution in [0.4, 0.5) is 13.2 Å². The van der Waals surface area contributed by atoms with Crippen LogP contribution in [0.25, 0.3) is 6.08 Å². The fourth-order valence-corrected chi connectivity index (χ4v) is 4.95. The van der Waals surface area contributed by atoms with E-state index in [1.807, 2.05) is 46.6 Å². The molecule has 0 spiro atoms. The van der Waals surface area contributed by atoms with E-state index in [1.165, 1.54) is 0 Å². The molecule has 0 bridgehead atoms. The van der Waals surface area contributed by atoms with Gasteiger partial charge >= 0.3 is 12.1 Å². The van der Waals surface area contributed by atoms with Crippen molar-refractivity contribution < 1.29 is 32.2 Å². The van der Waals surface area contributed by atoms with Crippen molar-refractivity contribution in [2.24, 2.45) is 0 Å². The number of hydrogen-bond donors (Lipinski definition) is 1. The molecule has 1 amide bonds. The van der Waals surface area contributed by atoms with Crippen LogP contribution in [0.3, 0.4) is 0 Å². The number of halogens is 5. The number of nitrogens with one attached hydrogen (secondary N) is 1. The Labute approximate surface area is 221 Å². The van der Waals surface area contributed by atoms with Crippen LogP contribution in [0.15, 0.2) is 59.3 Å². The maximum Gasteiger partial charge on any atom is 0.492 e. The van der Waals surface area contributed by atoms with E-state index in [9.17, 15) is 18.0 Å². The van der Waals surface area contributed by atoms with Gasteiger partial charge in [0.05, 0.1) is 23.3 Å². The Morgan fingerprint density at radius 3 is 2.22 bits per heavy atom. The molecule has 11 heteroatoms. The van der Waals surface area contributed by atoms with Crippen LogP contribution in [0.5, 0.6) is 11.5 Å². The van der Waals surface area contributed by atoms with Crippen LogP contribution < -0.4 is 14.8 Å². The lowest BCUT2D eigenvalue weighted by Crippen LogP contribution is -2.65. The molecule has 1 aliphatic carbocycles. The summed E-state index contributed by atoms with van der Waals surface area (Å²) in [6.07, 6.45) is -1.57. The highest BCUT2D eigenvalue weighted by Gasteiger charge is 2.66. The first-order valence-electron chi connectivity index (χ1n) is 11.7. The number of hydrogen-bond acceptors (Lipinski definition) is 5. The quantitative estimate of drug-likeness (QED) is 0.506. The topological polar surface area (TPSA) is 60.0 Å². The average Bonchev–Trinajstić information content (AvgIpc) is 3.23. The second-order valence-electron chi connectivity index (χ2n) is 8.85. The molecular formula is C26H23Cl2F3N2O4. The van der Waals surface area contributed by atoms with Crippen LogP contribution in [-0.2, 0) is 9.53 Å². The molecule has 6 nitrogen and oxygen atoms in total. The predicted octanol–water partition coefficient (Wildman–Crippen LogP) is 5.95. The summed E-state index contributed by atoms with van der Waals surface area (Å²) in [5.41, 5.74) is 2.66. The molecule has 2 aliphatic heterocycles. The molecule has 2 heterocycles. The molecule has 5 rings (SSSR count). The van der Waals surface area contributed by atoms with E-state index in [0.29, 0.717) is 51.3 Å². The Bertz CT molecular complexity index is 1230. The minimum absolute atomic E-state index is 0.00592. The number of ether oxygens (including phenoxy) is 3. The lowest BCUT2D eigenvalue weighted by Gasteiger charge is -2.37. The number of carbonyl (C=O) groups excluding carboxylic acids is 1. The number of amides is 1. The van der Waals surface area contributed by atoms with E-state index < -0.39 is 18.0 Å². The van der Waals surface area contributed by atoms with E-state index >= 15 is 0 Å². The van der Waals surface area contributed by atoms with Gasteiger partial charge in [0, 0.05) is 36.5 Å². The number of morpholine rings is 1. The molecular weight excluding hydrogens is 532 g/mol. The fraction of sp³-hybridized carbons (Fsp3) is 0.346. The molecule has 0 aromatic heterocycles. The van der Waals surface area contributed by atoms with Crippen molar-refractivity contribution in [2.45, 2.75) is 31.3 Å². The number of fused-ring (bicyclic) bond motifs is 1. The Hall–Kier alpha value is -2.88. The summed E-state index contributed by atoms with van der Waals surface area (Å²) in [6.45, 7) is 1.93. The van der Waals surface area contributed by atoms with E-state index in [0.717, 1.165) is 23.3 Å². The summed E-state index contributed by atoms with van der Waals surface area (Å²) in [7, 11) is 0. The smallest absolute Gasteiger partial charge is 0.424 e. The van der Waals surface area contributed by atoms with Crippen molar-refractivity contribution in [3.8, 4) is 11.5 Å². The van der Waals surface area contributed by atoms with Gasteiger partial charge in [0.1, 0.15) is 0 Å². The Morgan fingerprint density at radius 1 is 1.00 bits per heavy atom. The second-order valence-corrected chi connectivity index (χ2v) is 9.66. The predicted molar refractivity (Wildman–Crippen MR) is 132 cm³/mol. The Kier molecular flexibility index (Phi) is 7.04. The standard InChI is InChI=1S/C26H23Cl2F3N2O4/c27-19-14-21-22(15-20(19)28)37-26(36-21,25(29,30)31)32-24(34)18-8-4-7-17(13-16-5-2-1-3-6-16)23(18)33-9-11-35-12-10-33/h1-3,5-6,13-15H,4,7-12H2,(H,32,34)/b17-13-. The first-order chi connectivity index (χ1) is 17.7. The summed E-state index contributed by atoms with van der Waals surface area (Å²) in [4.78, 5) is 15.6. The normalized spacial score (nSPS) is 20.4. The summed E-state index contributed by atoms with van der Waals surface area (Å²) in [5.74, 6) is -4.91. The molecule has 0 radical (unpaired) electrons. The first-order valence-corrected chi connectivity index (χ1v) is 12.5. The molecule has 1 saturated heterocycles. The molecule has 3 aliphatic rings. The fourth-order valence-electron chi connectivity index (χ4n) is 4.64. The van der Waals surface area contributed by atoms with E-state index in [2.05, 4.69) is 0 Å². The van der Waals surface area contributed by atoms with Gasteiger partial charge in [0.25, 0.3) is 5.91 Å². The minimum atomic E-state index is -5.11. The van der Waals surface area contributed by atoms with Crippen molar-refractivity contribution in [1.82, 2.24) is 10.2 Å². The maximum atomic E-state index is 14.3. The van der Waals surface area contributed by atoms with Crippen LogP contribution in [0.1, 0.15) is 24.8 Å². The number of allylic oxidation sites excluding steroid dienone is 1.